The molecule has 41 heavy (non-hydrogen) atoms. The number of allylic oxidation sites excluding steroid dienone is 2. The minimum atomic E-state index is -0.490. The fraction of sp³-hybridized carbons (Fsp3) is 0.471. The lowest BCUT2D eigenvalue weighted by molar-refractivity contribution is 0.0991. The number of hydrogen-bond donors (Lipinski definition) is 0. The van der Waals surface area contributed by atoms with Crippen LogP contribution in [0.25, 0.3) is 11.0 Å². The molecule has 1 aliphatic heterocycles. The van der Waals surface area contributed by atoms with Gasteiger partial charge < -0.3 is 23.7 Å². The number of hydrogen-bond acceptors (Lipinski definition) is 7. The van der Waals surface area contributed by atoms with E-state index in [2.05, 4.69) is 36.8 Å². The van der Waals surface area contributed by atoms with Gasteiger partial charge in [0.2, 0.25) is 0 Å². The molecule has 1 fully saturated rings. The van der Waals surface area contributed by atoms with Crippen LogP contribution in [-0.4, -0.2) is 69.1 Å². The Morgan fingerprint density at radius 2 is 1.80 bits per heavy atom. The first-order chi connectivity index (χ1) is 19.6. The van der Waals surface area contributed by atoms with Crippen molar-refractivity contribution in [3.05, 3.63) is 80.7 Å². The molecule has 0 atom stereocenters. The van der Waals surface area contributed by atoms with Crippen LogP contribution in [0.2, 0.25) is 0 Å². The van der Waals surface area contributed by atoms with Crippen molar-refractivity contribution in [3.63, 3.8) is 0 Å². The van der Waals surface area contributed by atoms with Crippen LogP contribution in [0.5, 0.6) is 11.5 Å². The van der Waals surface area contributed by atoms with Gasteiger partial charge in [-0.05, 0) is 110 Å². The number of nitrogens with zero attached hydrogens (tertiary/aromatic N) is 2. The van der Waals surface area contributed by atoms with Gasteiger partial charge in [0.05, 0.1) is 6.61 Å². The summed E-state index contributed by atoms with van der Waals surface area (Å²) in [6.45, 7) is 9.59. The highest BCUT2D eigenvalue weighted by Gasteiger charge is 2.21. The van der Waals surface area contributed by atoms with E-state index in [1.165, 1.54) is 5.57 Å². The summed E-state index contributed by atoms with van der Waals surface area (Å²) in [5.74, 6) is 1.40. The van der Waals surface area contributed by atoms with Gasteiger partial charge in [-0.25, -0.2) is 4.79 Å². The molecular formula is C34H44N2O5. The van der Waals surface area contributed by atoms with Gasteiger partial charge in [-0.2, -0.15) is 0 Å². The summed E-state index contributed by atoms with van der Waals surface area (Å²) < 4.78 is 18.1. The minimum absolute atomic E-state index is 0.0315. The van der Waals surface area contributed by atoms with Gasteiger partial charge >= 0.3 is 5.63 Å². The van der Waals surface area contributed by atoms with Crippen LogP contribution >= 0.6 is 0 Å². The van der Waals surface area contributed by atoms with E-state index in [-0.39, 0.29) is 18.3 Å². The Morgan fingerprint density at radius 3 is 2.51 bits per heavy atom. The Bertz CT molecular complexity index is 1440. The van der Waals surface area contributed by atoms with Crippen molar-refractivity contribution in [3.8, 4) is 11.5 Å². The molecule has 0 saturated carbocycles. The van der Waals surface area contributed by atoms with E-state index in [1.54, 1.807) is 12.1 Å². The highest BCUT2D eigenvalue weighted by Crippen LogP contribution is 2.30. The van der Waals surface area contributed by atoms with Crippen LogP contribution in [0.4, 0.5) is 0 Å². The van der Waals surface area contributed by atoms with Crippen molar-refractivity contribution in [1.29, 1.82) is 0 Å². The monoisotopic (exact) mass is 560 g/mol. The van der Waals surface area contributed by atoms with Crippen molar-refractivity contribution < 1.29 is 18.7 Å². The predicted octanol–water partition coefficient (Wildman–Crippen LogP) is 5.84. The van der Waals surface area contributed by atoms with Gasteiger partial charge in [-0.1, -0.05) is 11.6 Å². The highest BCUT2D eigenvalue weighted by molar-refractivity contribution is 5.98. The second-order valence-electron chi connectivity index (χ2n) is 11.7. The molecule has 0 bridgehead atoms. The third-order valence-electron chi connectivity index (χ3n) is 7.60. The summed E-state index contributed by atoms with van der Waals surface area (Å²) in [7, 11) is 6.21. The zero-order chi connectivity index (χ0) is 29.5. The summed E-state index contributed by atoms with van der Waals surface area (Å²) in [5, 5.41) is 0.784. The second kappa shape index (κ2) is 14.0. The summed E-state index contributed by atoms with van der Waals surface area (Å²) in [4.78, 5) is 30.8. The number of benzene rings is 2. The molecule has 4 rings (SSSR count). The molecule has 2 aromatic carbocycles. The molecule has 1 saturated heterocycles. The van der Waals surface area contributed by atoms with E-state index >= 15 is 0 Å². The number of rotatable bonds is 12. The topological polar surface area (TPSA) is 72.2 Å². The number of ketones is 1. The Hall–Kier alpha value is -3.42. The molecule has 1 aliphatic rings. The van der Waals surface area contributed by atoms with Gasteiger partial charge in [-0.3, -0.25) is 4.79 Å². The highest BCUT2D eigenvalue weighted by atomic mass is 16.5. The molecule has 3 aromatic rings. The molecular weight excluding hydrogens is 516 g/mol. The number of aryl methyl sites for hydroxylation is 1. The molecule has 7 heteroatoms. The van der Waals surface area contributed by atoms with Gasteiger partial charge in [0.15, 0.2) is 5.78 Å². The van der Waals surface area contributed by atoms with Gasteiger partial charge in [0.1, 0.15) is 23.2 Å². The maximum absolute atomic E-state index is 13.3. The largest absolute Gasteiger partial charge is 0.493 e. The number of ether oxygens (including phenoxy) is 2. The first kappa shape index (κ1) is 30.5. The van der Waals surface area contributed by atoms with Crippen molar-refractivity contribution in [1.82, 2.24) is 9.80 Å². The molecule has 0 spiro atoms. The van der Waals surface area contributed by atoms with Gasteiger partial charge in [0.25, 0.3) is 0 Å². The molecule has 2 heterocycles. The lowest BCUT2D eigenvalue weighted by Crippen LogP contribution is -2.35. The zero-order valence-electron chi connectivity index (χ0n) is 25.4. The molecule has 220 valence electrons. The number of likely N-dealkylation sites (tertiary alicyclic amines) is 1. The quantitative estimate of drug-likeness (QED) is 0.119. The van der Waals surface area contributed by atoms with Gasteiger partial charge in [-0.15, -0.1) is 0 Å². The molecule has 0 aliphatic carbocycles. The van der Waals surface area contributed by atoms with Crippen molar-refractivity contribution >= 4 is 16.8 Å². The van der Waals surface area contributed by atoms with Crippen LogP contribution in [0.1, 0.15) is 60.2 Å². The summed E-state index contributed by atoms with van der Waals surface area (Å²) in [5.41, 5.74) is 3.89. The number of carbonyl (C=O) groups excluding carboxylic acids is 1. The Balaban J connectivity index is 1.51. The molecule has 0 amide bonds. The number of fused-ring (bicyclic) bond motifs is 1. The van der Waals surface area contributed by atoms with Crippen LogP contribution in [0.15, 0.2) is 57.3 Å². The fourth-order valence-corrected chi connectivity index (χ4v) is 5.09. The minimum Gasteiger partial charge on any atom is -0.493 e. The lowest BCUT2D eigenvalue weighted by atomic mass is 9.99. The molecule has 0 N–H and O–H groups in total. The normalized spacial score (nSPS) is 14.4. The van der Waals surface area contributed by atoms with Crippen molar-refractivity contribution in [2.24, 2.45) is 0 Å². The van der Waals surface area contributed by atoms with E-state index in [4.69, 9.17) is 13.9 Å². The SMILES string of the molecule is CC(C)=CCc1cc(C(=O)Cc2cc3ccc(OC4CCN(C)CC4)c(C)c3oc2=O)ccc1OCCCN(C)C. The maximum Gasteiger partial charge on any atom is 0.339 e. The smallest absolute Gasteiger partial charge is 0.339 e. The maximum atomic E-state index is 13.3. The number of Topliss-reactive ketones (excluding diaryl/α,β-unsaturated/α-hetero) is 1. The van der Waals surface area contributed by atoms with Crippen LogP contribution in [0, 0.1) is 6.92 Å². The summed E-state index contributed by atoms with van der Waals surface area (Å²) in [6, 6.07) is 11.2. The number of carbonyl (C=O) groups is 1. The molecule has 7 nitrogen and oxygen atoms in total. The van der Waals surface area contributed by atoms with Crippen LogP contribution in [-0.2, 0) is 12.8 Å². The Morgan fingerprint density at radius 1 is 1.07 bits per heavy atom. The standard InChI is InChI=1S/C34H44N2O5/c1-23(2)8-9-26-20-25(10-13-32(26)39-19-7-16-35(4)5)30(37)22-28-21-27-11-12-31(24(3)33(27)41-34(28)38)40-29-14-17-36(6)18-15-29/h8,10-13,20-21,29H,7,9,14-19,22H2,1-6H3. The van der Waals surface area contributed by atoms with Crippen molar-refractivity contribution in [2.75, 3.05) is 47.4 Å². The van der Waals surface area contributed by atoms with E-state index < -0.39 is 5.63 Å². The zero-order valence-corrected chi connectivity index (χ0v) is 25.4. The van der Waals surface area contributed by atoms with Crippen LogP contribution in [0.3, 0.4) is 0 Å². The third-order valence-corrected chi connectivity index (χ3v) is 7.60. The average molecular weight is 561 g/mol. The average Bonchev–Trinajstić information content (AvgIpc) is 2.93. The van der Waals surface area contributed by atoms with E-state index in [0.29, 0.717) is 29.7 Å². The molecule has 0 radical (unpaired) electrons. The first-order valence-corrected chi connectivity index (χ1v) is 14.6. The van der Waals surface area contributed by atoms with Crippen LogP contribution < -0.4 is 15.1 Å². The third kappa shape index (κ3) is 8.30. The second-order valence-corrected chi connectivity index (χ2v) is 11.7. The Kier molecular flexibility index (Phi) is 10.4. The van der Waals surface area contributed by atoms with Gasteiger partial charge in [0, 0.05) is 48.1 Å². The fourth-order valence-electron chi connectivity index (χ4n) is 5.09. The van der Waals surface area contributed by atoms with E-state index in [0.717, 1.165) is 66.9 Å². The predicted molar refractivity (Wildman–Crippen MR) is 165 cm³/mol. The van der Waals surface area contributed by atoms with Crippen molar-refractivity contribution in [2.45, 2.75) is 59.0 Å². The summed E-state index contributed by atoms with van der Waals surface area (Å²) >= 11 is 0. The molecule has 0 unspecified atom stereocenters. The van der Waals surface area contributed by atoms with E-state index in [9.17, 15) is 9.59 Å². The lowest BCUT2D eigenvalue weighted by Gasteiger charge is -2.29. The summed E-state index contributed by atoms with van der Waals surface area (Å²) in [6.07, 6.45) is 5.78. The molecule has 1 aromatic heterocycles. The van der Waals surface area contributed by atoms with E-state index in [1.807, 2.05) is 45.3 Å². The first-order valence-electron chi connectivity index (χ1n) is 14.6. The number of piperidine rings is 1. The Labute approximate surface area is 243 Å².